The fourth-order valence-electron chi connectivity index (χ4n) is 3.56. The normalized spacial score (nSPS) is 18.0. The number of aliphatic hydroxyl groups is 1. The third-order valence-corrected chi connectivity index (χ3v) is 5.44. The summed E-state index contributed by atoms with van der Waals surface area (Å²) in [7, 11) is 3.01. The Bertz CT molecular complexity index is 1000. The first-order valence-electron chi connectivity index (χ1n) is 9.69. The molecule has 7 heteroatoms. The summed E-state index contributed by atoms with van der Waals surface area (Å²) in [6.45, 7) is 2.42. The SMILES string of the molecule is CCCCN1C(=O)C(=O)/C(=C(\O)c2ccc(Cl)c(OC)c2)C1c1cccc(OC)c1. The van der Waals surface area contributed by atoms with E-state index in [1.54, 1.807) is 43.5 Å². The van der Waals surface area contributed by atoms with Crippen molar-refractivity contribution in [3.05, 3.63) is 64.2 Å². The molecule has 1 unspecified atom stereocenters. The van der Waals surface area contributed by atoms with Crippen molar-refractivity contribution < 1.29 is 24.2 Å². The van der Waals surface area contributed by atoms with Crippen molar-refractivity contribution in [3.8, 4) is 11.5 Å². The topological polar surface area (TPSA) is 76.1 Å². The molecule has 158 valence electrons. The standard InChI is InChI=1S/C23H24ClNO5/c1-4-5-11-25-20(14-7-6-8-16(12-14)29-2)19(22(27)23(25)28)21(26)15-9-10-17(24)18(13-15)30-3/h6-10,12-13,20,26H,4-5,11H2,1-3H3/b21-19-. The average Bonchev–Trinajstić information content (AvgIpc) is 3.02. The molecule has 0 spiro atoms. The fraction of sp³-hybridized carbons (Fsp3) is 0.304. The molecule has 0 saturated carbocycles. The molecule has 1 amide bonds. The molecule has 1 atom stereocenters. The molecule has 1 saturated heterocycles. The van der Waals surface area contributed by atoms with Crippen LogP contribution in [0.15, 0.2) is 48.0 Å². The van der Waals surface area contributed by atoms with Crippen LogP contribution in [-0.2, 0) is 9.59 Å². The van der Waals surface area contributed by atoms with E-state index in [9.17, 15) is 14.7 Å². The lowest BCUT2D eigenvalue weighted by Gasteiger charge is -2.25. The highest BCUT2D eigenvalue weighted by Gasteiger charge is 2.45. The molecule has 1 N–H and O–H groups in total. The Morgan fingerprint density at radius 3 is 2.57 bits per heavy atom. The number of benzene rings is 2. The summed E-state index contributed by atoms with van der Waals surface area (Å²) in [5.74, 6) is -0.653. The number of aliphatic hydroxyl groups excluding tert-OH is 1. The molecule has 0 bridgehead atoms. The number of nitrogens with zero attached hydrogens (tertiary/aromatic N) is 1. The second-order valence-corrected chi connectivity index (χ2v) is 7.38. The zero-order chi connectivity index (χ0) is 21.8. The van der Waals surface area contributed by atoms with Crippen molar-refractivity contribution in [1.82, 2.24) is 4.90 Å². The molecule has 2 aromatic rings. The second-order valence-electron chi connectivity index (χ2n) is 6.97. The van der Waals surface area contributed by atoms with E-state index >= 15 is 0 Å². The van der Waals surface area contributed by atoms with Crippen molar-refractivity contribution in [2.75, 3.05) is 20.8 Å². The molecular formula is C23H24ClNO5. The summed E-state index contributed by atoms with van der Waals surface area (Å²) in [4.78, 5) is 27.3. The maximum absolute atomic E-state index is 13.0. The van der Waals surface area contributed by atoms with Gasteiger partial charge in [-0.3, -0.25) is 9.59 Å². The van der Waals surface area contributed by atoms with Gasteiger partial charge < -0.3 is 19.5 Å². The maximum atomic E-state index is 13.0. The molecule has 3 rings (SSSR count). The van der Waals surface area contributed by atoms with E-state index in [0.29, 0.717) is 34.2 Å². The van der Waals surface area contributed by atoms with Crippen molar-refractivity contribution in [3.63, 3.8) is 0 Å². The van der Waals surface area contributed by atoms with Crippen LogP contribution in [0.25, 0.3) is 5.76 Å². The Labute approximate surface area is 180 Å². The van der Waals surface area contributed by atoms with E-state index in [1.807, 2.05) is 13.0 Å². The Hall–Kier alpha value is -2.99. The number of unbranched alkanes of at least 4 members (excludes halogenated alkanes) is 1. The summed E-state index contributed by atoms with van der Waals surface area (Å²) in [6, 6.07) is 11.1. The molecule has 0 aromatic heterocycles. The number of carbonyl (C=O) groups excluding carboxylic acids is 2. The summed E-state index contributed by atoms with van der Waals surface area (Å²) < 4.78 is 10.5. The monoisotopic (exact) mass is 429 g/mol. The number of Topliss-reactive ketones (excluding diaryl/α,β-unsaturated/α-hetero) is 1. The summed E-state index contributed by atoms with van der Waals surface area (Å²) in [6.07, 6.45) is 1.60. The van der Waals surface area contributed by atoms with Crippen molar-refractivity contribution >= 4 is 29.1 Å². The molecular weight excluding hydrogens is 406 g/mol. The molecule has 0 radical (unpaired) electrons. The summed E-state index contributed by atoms with van der Waals surface area (Å²) in [5, 5.41) is 11.4. The molecule has 1 fully saturated rings. The summed E-state index contributed by atoms with van der Waals surface area (Å²) in [5.41, 5.74) is 1.07. The molecule has 1 aliphatic heterocycles. The molecule has 2 aromatic carbocycles. The lowest BCUT2D eigenvalue weighted by molar-refractivity contribution is -0.139. The number of amides is 1. The van der Waals surface area contributed by atoms with Crippen LogP contribution < -0.4 is 9.47 Å². The van der Waals surface area contributed by atoms with Crippen LogP contribution in [0, 0.1) is 0 Å². The number of halogens is 1. The first kappa shape index (κ1) is 21.7. The minimum Gasteiger partial charge on any atom is -0.507 e. The number of hydrogen-bond acceptors (Lipinski definition) is 5. The summed E-state index contributed by atoms with van der Waals surface area (Å²) >= 11 is 6.08. The lowest BCUT2D eigenvalue weighted by atomic mass is 9.95. The van der Waals surface area contributed by atoms with Crippen molar-refractivity contribution in [1.29, 1.82) is 0 Å². The van der Waals surface area contributed by atoms with E-state index in [-0.39, 0.29) is 11.3 Å². The van der Waals surface area contributed by atoms with Crippen LogP contribution in [0.4, 0.5) is 0 Å². The third kappa shape index (κ3) is 4.00. The van der Waals surface area contributed by atoms with Gasteiger partial charge in [0.2, 0.25) is 0 Å². The van der Waals surface area contributed by atoms with Gasteiger partial charge in [0.1, 0.15) is 17.3 Å². The fourth-order valence-corrected chi connectivity index (χ4v) is 3.75. The van der Waals surface area contributed by atoms with Crippen molar-refractivity contribution in [2.24, 2.45) is 0 Å². The minimum absolute atomic E-state index is 0.0359. The smallest absolute Gasteiger partial charge is 0.295 e. The number of ether oxygens (including phenoxy) is 2. The molecule has 1 heterocycles. The van der Waals surface area contributed by atoms with Crippen LogP contribution in [0.3, 0.4) is 0 Å². The van der Waals surface area contributed by atoms with Gasteiger partial charge in [0.05, 0.1) is 30.9 Å². The highest BCUT2D eigenvalue weighted by molar-refractivity contribution is 6.46. The van der Waals surface area contributed by atoms with Crippen LogP contribution in [0.1, 0.15) is 36.9 Å². The molecule has 30 heavy (non-hydrogen) atoms. The van der Waals surface area contributed by atoms with Gasteiger partial charge in [-0.15, -0.1) is 0 Å². The van der Waals surface area contributed by atoms with Crippen LogP contribution in [-0.4, -0.2) is 42.5 Å². The number of methoxy groups -OCH3 is 2. The largest absolute Gasteiger partial charge is 0.507 e. The quantitative estimate of drug-likeness (QED) is 0.396. The zero-order valence-electron chi connectivity index (χ0n) is 17.1. The minimum atomic E-state index is -0.717. The Morgan fingerprint density at radius 1 is 1.13 bits per heavy atom. The lowest BCUT2D eigenvalue weighted by Crippen LogP contribution is -2.30. The predicted molar refractivity (Wildman–Crippen MR) is 115 cm³/mol. The van der Waals surface area contributed by atoms with Gasteiger partial charge in [-0.2, -0.15) is 0 Å². The average molecular weight is 430 g/mol. The molecule has 1 aliphatic rings. The van der Waals surface area contributed by atoms with E-state index < -0.39 is 17.7 Å². The van der Waals surface area contributed by atoms with Gasteiger partial charge in [0.15, 0.2) is 0 Å². The second kappa shape index (κ2) is 9.22. The van der Waals surface area contributed by atoms with Gasteiger partial charge >= 0.3 is 0 Å². The number of ketones is 1. The third-order valence-electron chi connectivity index (χ3n) is 5.13. The Kier molecular flexibility index (Phi) is 6.67. The highest BCUT2D eigenvalue weighted by Crippen LogP contribution is 2.41. The number of hydrogen-bond donors (Lipinski definition) is 1. The zero-order valence-corrected chi connectivity index (χ0v) is 17.9. The van der Waals surface area contributed by atoms with E-state index in [1.165, 1.54) is 12.0 Å². The van der Waals surface area contributed by atoms with Gasteiger partial charge in [-0.1, -0.05) is 37.1 Å². The molecule has 0 aliphatic carbocycles. The number of likely N-dealkylation sites (tertiary alicyclic amines) is 1. The predicted octanol–water partition coefficient (Wildman–Crippen LogP) is 4.58. The van der Waals surface area contributed by atoms with Crippen LogP contribution >= 0.6 is 11.6 Å². The van der Waals surface area contributed by atoms with E-state index in [2.05, 4.69) is 0 Å². The Morgan fingerprint density at radius 2 is 1.90 bits per heavy atom. The first-order valence-corrected chi connectivity index (χ1v) is 10.1. The van der Waals surface area contributed by atoms with Gasteiger partial charge in [-0.05, 0) is 42.3 Å². The maximum Gasteiger partial charge on any atom is 0.295 e. The van der Waals surface area contributed by atoms with Crippen LogP contribution in [0.2, 0.25) is 5.02 Å². The van der Waals surface area contributed by atoms with E-state index in [0.717, 1.165) is 12.8 Å². The van der Waals surface area contributed by atoms with Gasteiger partial charge in [-0.25, -0.2) is 0 Å². The van der Waals surface area contributed by atoms with Gasteiger partial charge in [0.25, 0.3) is 11.7 Å². The number of rotatable bonds is 7. The highest BCUT2D eigenvalue weighted by atomic mass is 35.5. The molecule has 6 nitrogen and oxygen atoms in total. The Balaban J connectivity index is 2.19. The van der Waals surface area contributed by atoms with E-state index in [4.69, 9.17) is 21.1 Å². The van der Waals surface area contributed by atoms with Crippen LogP contribution in [0.5, 0.6) is 11.5 Å². The number of carbonyl (C=O) groups is 2. The first-order chi connectivity index (χ1) is 14.4. The van der Waals surface area contributed by atoms with Crippen molar-refractivity contribution in [2.45, 2.75) is 25.8 Å². The van der Waals surface area contributed by atoms with Gasteiger partial charge in [0, 0.05) is 12.1 Å².